The van der Waals surface area contributed by atoms with E-state index < -0.39 is 0 Å². The molecule has 0 fully saturated rings. The number of hydrogen-bond acceptors (Lipinski definition) is 2. The Hall–Kier alpha value is -1.32. The summed E-state index contributed by atoms with van der Waals surface area (Å²) in [6.07, 6.45) is 1.00. The van der Waals surface area contributed by atoms with E-state index in [2.05, 4.69) is 70.6 Å². The van der Waals surface area contributed by atoms with E-state index in [1.165, 1.54) is 11.1 Å². The Balaban J connectivity index is 2.19. The molecule has 0 saturated heterocycles. The van der Waals surface area contributed by atoms with Crippen LogP contribution in [0.15, 0.2) is 53.0 Å². The van der Waals surface area contributed by atoms with Crippen molar-refractivity contribution in [1.82, 2.24) is 5.32 Å². The Morgan fingerprint density at radius 3 is 2.67 bits per heavy atom. The molecule has 0 amide bonds. The van der Waals surface area contributed by atoms with Gasteiger partial charge in [0.25, 0.3) is 0 Å². The topological polar surface area (TPSA) is 21.3 Å². The first-order valence-electron chi connectivity index (χ1n) is 7.32. The number of hydrogen-bond donors (Lipinski definition) is 1. The normalized spacial score (nSPS) is 12.1. The second-order valence-electron chi connectivity index (χ2n) is 5.12. The van der Waals surface area contributed by atoms with Gasteiger partial charge in [0, 0.05) is 16.9 Å². The number of nitrogens with one attached hydrogen (secondary N) is 1. The fraction of sp³-hybridized carbons (Fsp3) is 0.333. The summed E-state index contributed by atoms with van der Waals surface area (Å²) in [4.78, 5) is 0. The van der Waals surface area contributed by atoms with Crippen molar-refractivity contribution in [2.24, 2.45) is 0 Å². The highest BCUT2D eigenvalue weighted by atomic mass is 79.9. The molecule has 2 nitrogen and oxygen atoms in total. The van der Waals surface area contributed by atoms with Crippen molar-refractivity contribution in [3.05, 3.63) is 64.1 Å². The Labute approximate surface area is 135 Å². The van der Waals surface area contributed by atoms with Crippen molar-refractivity contribution in [1.29, 1.82) is 0 Å². The fourth-order valence-corrected chi connectivity index (χ4v) is 2.89. The monoisotopic (exact) mass is 347 g/mol. The summed E-state index contributed by atoms with van der Waals surface area (Å²) in [5.74, 6) is 1.37. The van der Waals surface area contributed by atoms with E-state index in [-0.39, 0.29) is 0 Å². The summed E-state index contributed by atoms with van der Waals surface area (Å²) in [6, 6.07) is 16.9. The van der Waals surface area contributed by atoms with E-state index >= 15 is 0 Å². The van der Waals surface area contributed by atoms with Crippen LogP contribution in [0.4, 0.5) is 0 Å². The predicted octanol–water partition coefficient (Wildman–Crippen LogP) is 4.39. The Bertz CT molecular complexity index is 571. The lowest BCUT2D eigenvalue weighted by Gasteiger charge is -2.18. The largest absolute Gasteiger partial charge is 0.497 e. The van der Waals surface area contributed by atoms with Crippen LogP contribution >= 0.6 is 15.9 Å². The highest BCUT2D eigenvalue weighted by Crippen LogP contribution is 2.25. The molecular formula is C18H22BrNO. The first-order valence-corrected chi connectivity index (χ1v) is 8.11. The molecule has 0 bridgehead atoms. The Morgan fingerprint density at radius 1 is 1.14 bits per heavy atom. The number of likely N-dealkylation sites (N-methyl/N-ethyl adjacent to an activating group) is 1. The standard InChI is InChI=1S/C18H22BrNO/c1-3-20-13-16(15-7-5-8-17(19)12-15)10-14-6-4-9-18(11-14)21-2/h4-9,11-12,16,20H,3,10,13H2,1-2H3. The van der Waals surface area contributed by atoms with E-state index in [9.17, 15) is 0 Å². The first kappa shape index (κ1) is 16.1. The third-order valence-electron chi connectivity index (χ3n) is 3.58. The minimum atomic E-state index is 0.453. The van der Waals surface area contributed by atoms with Crippen LogP contribution in [0.5, 0.6) is 5.75 Å². The molecule has 2 rings (SSSR count). The zero-order chi connectivity index (χ0) is 15.1. The fourth-order valence-electron chi connectivity index (χ4n) is 2.47. The van der Waals surface area contributed by atoms with Gasteiger partial charge < -0.3 is 10.1 Å². The molecule has 112 valence electrons. The molecule has 0 heterocycles. The van der Waals surface area contributed by atoms with Gasteiger partial charge in [0.15, 0.2) is 0 Å². The number of ether oxygens (including phenoxy) is 1. The van der Waals surface area contributed by atoms with Crippen molar-refractivity contribution >= 4 is 15.9 Å². The molecule has 0 aliphatic carbocycles. The van der Waals surface area contributed by atoms with Gasteiger partial charge in [-0.2, -0.15) is 0 Å². The van der Waals surface area contributed by atoms with Crippen molar-refractivity contribution in [2.45, 2.75) is 19.3 Å². The first-order chi connectivity index (χ1) is 10.2. The Morgan fingerprint density at radius 2 is 1.95 bits per heavy atom. The van der Waals surface area contributed by atoms with Crippen LogP contribution in [0.2, 0.25) is 0 Å². The van der Waals surface area contributed by atoms with Gasteiger partial charge in [-0.1, -0.05) is 47.1 Å². The number of benzene rings is 2. The highest BCUT2D eigenvalue weighted by Gasteiger charge is 2.13. The maximum absolute atomic E-state index is 5.32. The summed E-state index contributed by atoms with van der Waals surface area (Å²) in [5.41, 5.74) is 2.66. The lowest BCUT2D eigenvalue weighted by atomic mass is 9.92. The zero-order valence-corrected chi connectivity index (χ0v) is 14.2. The van der Waals surface area contributed by atoms with Gasteiger partial charge in [-0.05, 0) is 48.4 Å². The maximum Gasteiger partial charge on any atom is 0.119 e. The SMILES string of the molecule is CCNCC(Cc1cccc(OC)c1)c1cccc(Br)c1. The molecule has 1 unspecified atom stereocenters. The zero-order valence-electron chi connectivity index (χ0n) is 12.6. The van der Waals surface area contributed by atoms with E-state index in [1.807, 2.05) is 6.07 Å². The average Bonchev–Trinajstić information content (AvgIpc) is 2.51. The number of rotatable bonds is 7. The van der Waals surface area contributed by atoms with Gasteiger partial charge in [-0.25, -0.2) is 0 Å². The second kappa shape index (κ2) is 8.20. The third-order valence-corrected chi connectivity index (χ3v) is 4.07. The van der Waals surface area contributed by atoms with E-state index in [0.717, 1.165) is 29.7 Å². The lowest BCUT2D eigenvalue weighted by molar-refractivity contribution is 0.414. The maximum atomic E-state index is 5.32. The molecule has 0 aliphatic rings. The van der Waals surface area contributed by atoms with Crippen LogP contribution in [-0.2, 0) is 6.42 Å². The van der Waals surface area contributed by atoms with Gasteiger partial charge in [-0.3, -0.25) is 0 Å². The van der Waals surface area contributed by atoms with Crippen LogP contribution in [0.25, 0.3) is 0 Å². The molecule has 21 heavy (non-hydrogen) atoms. The van der Waals surface area contributed by atoms with Crippen molar-refractivity contribution in [3.8, 4) is 5.75 Å². The summed E-state index contributed by atoms with van der Waals surface area (Å²) in [7, 11) is 1.71. The number of methoxy groups -OCH3 is 1. The number of halogens is 1. The molecule has 1 N–H and O–H groups in total. The molecular weight excluding hydrogens is 326 g/mol. The molecule has 0 aromatic heterocycles. The second-order valence-corrected chi connectivity index (χ2v) is 6.03. The Kier molecular flexibility index (Phi) is 6.27. The third kappa shape index (κ3) is 4.87. The minimum Gasteiger partial charge on any atom is -0.497 e. The summed E-state index contributed by atoms with van der Waals surface area (Å²) in [6.45, 7) is 4.11. The summed E-state index contributed by atoms with van der Waals surface area (Å²) in [5, 5.41) is 3.47. The highest BCUT2D eigenvalue weighted by molar-refractivity contribution is 9.10. The molecule has 2 aromatic rings. The van der Waals surface area contributed by atoms with Crippen LogP contribution < -0.4 is 10.1 Å². The quantitative estimate of drug-likeness (QED) is 0.801. The molecule has 1 atom stereocenters. The van der Waals surface area contributed by atoms with Gasteiger partial charge in [0.05, 0.1) is 7.11 Å². The van der Waals surface area contributed by atoms with Crippen LogP contribution in [-0.4, -0.2) is 20.2 Å². The predicted molar refractivity (Wildman–Crippen MR) is 92.1 cm³/mol. The van der Waals surface area contributed by atoms with Gasteiger partial charge in [0.2, 0.25) is 0 Å². The summed E-state index contributed by atoms with van der Waals surface area (Å²) < 4.78 is 6.45. The smallest absolute Gasteiger partial charge is 0.119 e. The average molecular weight is 348 g/mol. The summed E-state index contributed by atoms with van der Waals surface area (Å²) >= 11 is 3.57. The van der Waals surface area contributed by atoms with Crippen LogP contribution in [0.3, 0.4) is 0 Å². The van der Waals surface area contributed by atoms with E-state index in [1.54, 1.807) is 7.11 Å². The van der Waals surface area contributed by atoms with Crippen LogP contribution in [0.1, 0.15) is 24.0 Å². The minimum absolute atomic E-state index is 0.453. The molecule has 0 radical (unpaired) electrons. The lowest BCUT2D eigenvalue weighted by Crippen LogP contribution is -2.22. The van der Waals surface area contributed by atoms with Crippen molar-refractivity contribution < 1.29 is 4.74 Å². The molecule has 2 aromatic carbocycles. The molecule has 0 spiro atoms. The van der Waals surface area contributed by atoms with Crippen LogP contribution in [0, 0.1) is 0 Å². The van der Waals surface area contributed by atoms with Gasteiger partial charge in [0.1, 0.15) is 5.75 Å². The van der Waals surface area contributed by atoms with Crippen molar-refractivity contribution in [3.63, 3.8) is 0 Å². The van der Waals surface area contributed by atoms with Gasteiger partial charge >= 0.3 is 0 Å². The molecule has 3 heteroatoms. The van der Waals surface area contributed by atoms with E-state index in [0.29, 0.717) is 5.92 Å². The van der Waals surface area contributed by atoms with Gasteiger partial charge in [-0.15, -0.1) is 0 Å². The van der Waals surface area contributed by atoms with E-state index in [4.69, 9.17) is 4.74 Å². The molecule has 0 aliphatic heterocycles. The van der Waals surface area contributed by atoms with Crippen molar-refractivity contribution in [2.75, 3.05) is 20.2 Å². The molecule has 0 saturated carbocycles.